The zero-order chi connectivity index (χ0) is 32.2. The molecule has 0 unspecified atom stereocenters. The Morgan fingerprint density at radius 3 is 1.43 bits per heavy atom. The highest BCUT2D eigenvalue weighted by molar-refractivity contribution is 6.11. The van der Waals surface area contributed by atoms with Crippen LogP contribution in [0.15, 0.2) is 115 Å². The van der Waals surface area contributed by atoms with E-state index >= 15 is 0 Å². The molecule has 2 aliphatic rings. The quantitative estimate of drug-likeness (QED) is 0.147. The van der Waals surface area contributed by atoms with Crippen molar-refractivity contribution in [2.45, 2.75) is 6.18 Å². The third-order valence-corrected chi connectivity index (χ3v) is 8.42. The van der Waals surface area contributed by atoms with Gasteiger partial charge in [-0.15, -0.1) is 0 Å². The molecule has 0 heterocycles. The van der Waals surface area contributed by atoms with Crippen LogP contribution in [-0.2, 0) is 6.18 Å². The zero-order valence-corrected chi connectivity index (χ0v) is 23.7. The zero-order valence-electron chi connectivity index (χ0n) is 23.7. The molecule has 4 nitrogen and oxygen atoms in total. The molecule has 0 saturated heterocycles. The van der Waals surface area contributed by atoms with Crippen LogP contribution in [0.1, 0.15) is 27.8 Å². The summed E-state index contributed by atoms with van der Waals surface area (Å²) in [4.78, 5) is 6.88. The first kappa shape index (κ1) is 28.1. The van der Waals surface area contributed by atoms with E-state index in [0.29, 0.717) is 39.0 Å². The first-order chi connectivity index (χ1) is 22.3. The fourth-order valence-corrected chi connectivity index (χ4v) is 6.35. The number of nitrogens with zero attached hydrogens (tertiary/aromatic N) is 4. The van der Waals surface area contributed by atoms with Crippen molar-refractivity contribution in [2.75, 3.05) is 0 Å². The van der Waals surface area contributed by atoms with E-state index in [9.17, 15) is 23.7 Å². The van der Waals surface area contributed by atoms with Crippen molar-refractivity contribution >= 4 is 11.1 Å². The molecule has 2 aliphatic carbocycles. The van der Waals surface area contributed by atoms with Crippen molar-refractivity contribution in [3.05, 3.63) is 165 Å². The third kappa shape index (κ3) is 4.28. The molecule has 0 amide bonds. The molecule has 0 atom stereocenters. The van der Waals surface area contributed by atoms with Crippen LogP contribution in [0.4, 0.5) is 13.2 Å². The Kier molecular flexibility index (Phi) is 6.42. The van der Waals surface area contributed by atoms with E-state index in [1.165, 1.54) is 6.07 Å². The number of fused-ring (bicyclic) bond motifs is 6. The second-order valence-corrected chi connectivity index (χ2v) is 10.8. The van der Waals surface area contributed by atoms with Crippen LogP contribution in [0.3, 0.4) is 0 Å². The lowest BCUT2D eigenvalue weighted by molar-refractivity contribution is -0.137. The lowest BCUT2D eigenvalue weighted by atomic mass is 9.95. The Morgan fingerprint density at radius 1 is 0.500 bits per heavy atom. The van der Waals surface area contributed by atoms with Gasteiger partial charge in [0.2, 0.25) is 0 Å². The second-order valence-electron chi connectivity index (χ2n) is 10.8. The molecule has 46 heavy (non-hydrogen) atoms. The van der Waals surface area contributed by atoms with Crippen molar-refractivity contribution in [2.24, 2.45) is 0 Å². The van der Waals surface area contributed by atoms with Gasteiger partial charge in [-0.05, 0) is 97.1 Å². The largest absolute Gasteiger partial charge is 0.416 e. The predicted octanol–water partition coefficient (Wildman–Crippen LogP) is 10.4. The third-order valence-electron chi connectivity index (χ3n) is 8.42. The number of allylic oxidation sites excluding steroid dienone is 2. The molecule has 5 aromatic rings. The Balaban J connectivity index is 1.43. The molecule has 0 aliphatic heterocycles. The lowest BCUT2D eigenvalue weighted by Crippen LogP contribution is -2.05. The van der Waals surface area contributed by atoms with Crippen molar-refractivity contribution in [3.8, 4) is 56.6 Å². The Bertz CT molecular complexity index is 2340. The number of benzene rings is 5. The summed E-state index contributed by atoms with van der Waals surface area (Å²) < 4.78 is 41.1. The van der Waals surface area contributed by atoms with Crippen LogP contribution >= 0.6 is 0 Å². The van der Waals surface area contributed by atoms with E-state index in [1.54, 1.807) is 12.1 Å². The van der Waals surface area contributed by atoms with Crippen LogP contribution in [0.5, 0.6) is 0 Å². The summed E-state index contributed by atoms with van der Waals surface area (Å²) in [5.74, 6) is 0. The second kappa shape index (κ2) is 10.5. The normalized spacial score (nSPS) is 14.4. The van der Waals surface area contributed by atoms with Gasteiger partial charge in [0.05, 0.1) is 30.8 Å². The van der Waals surface area contributed by atoms with Gasteiger partial charge in [0, 0.05) is 11.1 Å². The number of hydrogen-bond acceptors (Lipinski definition) is 2. The first-order valence-corrected chi connectivity index (χ1v) is 14.0. The van der Waals surface area contributed by atoms with Gasteiger partial charge >= 0.3 is 6.18 Å². The Labute approximate surface area is 262 Å². The SMILES string of the molecule is [C-]#[N+]C(C#N)=C1c2cc(-c3ccc(-c4ccccc4)cc3)ccc2-c2cc3c(cc21)-c1ccc(C(F)(F)F)cc1C3=C(C#N)[N+]#[C-]. The molecular weight excluding hydrogens is 581 g/mol. The summed E-state index contributed by atoms with van der Waals surface area (Å²) in [5.41, 5.74) is 7.46. The fourth-order valence-electron chi connectivity index (χ4n) is 6.35. The fraction of sp³-hybridized carbons (Fsp3) is 0.0256. The smallest absolute Gasteiger partial charge is 0.226 e. The topological polar surface area (TPSA) is 56.3 Å². The van der Waals surface area contributed by atoms with Gasteiger partial charge in [-0.3, -0.25) is 0 Å². The van der Waals surface area contributed by atoms with E-state index in [4.69, 9.17) is 13.1 Å². The molecule has 7 heteroatoms. The van der Waals surface area contributed by atoms with Crippen LogP contribution in [-0.4, -0.2) is 0 Å². The van der Waals surface area contributed by atoms with Gasteiger partial charge in [0.25, 0.3) is 11.4 Å². The highest BCUT2D eigenvalue weighted by atomic mass is 19.4. The molecule has 0 saturated carbocycles. The van der Waals surface area contributed by atoms with E-state index < -0.39 is 11.7 Å². The minimum atomic E-state index is -4.62. The van der Waals surface area contributed by atoms with Gasteiger partial charge in [-0.25, -0.2) is 20.2 Å². The molecule has 5 aromatic carbocycles. The Morgan fingerprint density at radius 2 is 0.935 bits per heavy atom. The summed E-state index contributed by atoms with van der Waals surface area (Å²) in [6, 6.07) is 34.6. The number of rotatable bonds is 2. The molecule has 0 radical (unpaired) electrons. The molecule has 0 N–H and O–H groups in total. The maximum atomic E-state index is 13.7. The van der Waals surface area contributed by atoms with Crippen molar-refractivity contribution in [3.63, 3.8) is 0 Å². The number of nitriles is 2. The monoisotopic (exact) mass is 598 g/mol. The maximum absolute atomic E-state index is 13.7. The standard InChI is InChI=1S/C39H17F3N4/c1-45-35(20-43)37-31-16-25(24-10-8-23(9-11-24)22-6-4-3-5-7-22)12-14-27(31)29-18-34-30(19-33(29)37)28-15-13-26(39(40,41)42)17-32(28)38(34)36(21-44)46-2/h3-19H. The van der Waals surface area contributed by atoms with Gasteiger partial charge in [-0.1, -0.05) is 72.8 Å². The van der Waals surface area contributed by atoms with Crippen LogP contribution in [0.2, 0.25) is 0 Å². The van der Waals surface area contributed by atoms with E-state index in [-0.39, 0.29) is 22.5 Å². The lowest BCUT2D eigenvalue weighted by Gasteiger charge is -2.10. The molecule has 0 fully saturated rings. The van der Waals surface area contributed by atoms with Crippen molar-refractivity contribution in [1.82, 2.24) is 0 Å². The van der Waals surface area contributed by atoms with Crippen molar-refractivity contribution in [1.29, 1.82) is 10.5 Å². The average Bonchev–Trinajstić information content (AvgIpc) is 3.56. The minimum absolute atomic E-state index is 0.114. The van der Waals surface area contributed by atoms with Gasteiger partial charge in [0.15, 0.2) is 0 Å². The van der Waals surface area contributed by atoms with Gasteiger partial charge in [-0.2, -0.15) is 13.2 Å². The molecule has 7 rings (SSSR count). The number of alkyl halides is 3. The molecular formula is C39H17F3N4. The van der Waals surface area contributed by atoms with Gasteiger partial charge in [0.1, 0.15) is 0 Å². The minimum Gasteiger partial charge on any atom is -0.226 e. The average molecular weight is 599 g/mol. The van der Waals surface area contributed by atoms with E-state index in [2.05, 4.69) is 9.69 Å². The predicted molar refractivity (Wildman–Crippen MR) is 170 cm³/mol. The van der Waals surface area contributed by atoms with Crippen LogP contribution in [0, 0.1) is 35.8 Å². The Hall–Kier alpha value is -6.67. The molecule has 214 valence electrons. The highest BCUT2D eigenvalue weighted by Crippen LogP contribution is 2.54. The summed E-state index contributed by atoms with van der Waals surface area (Å²) in [5, 5.41) is 19.8. The molecule has 0 aromatic heterocycles. The van der Waals surface area contributed by atoms with E-state index in [0.717, 1.165) is 39.9 Å². The molecule has 0 bridgehead atoms. The highest BCUT2D eigenvalue weighted by Gasteiger charge is 2.36. The number of hydrogen-bond donors (Lipinski definition) is 0. The van der Waals surface area contributed by atoms with Crippen LogP contribution < -0.4 is 0 Å². The summed E-state index contributed by atoms with van der Waals surface area (Å²) in [6.07, 6.45) is -4.62. The first-order valence-electron chi connectivity index (χ1n) is 14.0. The maximum Gasteiger partial charge on any atom is 0.416 e. The molecule has 0 spiro atoms. The summed E-state index contributed by atoms with van der Waals surface area (Å²) in [7, 11) is 0. The van der Waals surface area contributed by atoms with E-state index in [1.807, 2.05) is 84.9 Å². The number of halogens is 3. The summed E-state index contributed by atoms with van der Waals surface area (Å²) >= 11 is 0. The van der Waals surface area contributed by atoms with Crippen molar-refractivity contribution < 1.29 is 13.2 Å². The van der Waals surface area contributed by atoms with Crippen LogP contribution in [0.25, 0.3) is 65.3 Å². The van der Waals surface area contributed by atoms with Gasteiger partial charge < -0.3 is 0 Å². The summed E-state index contributed by atoms with van der Waals surface area (Å²) in [6.45, 7) is 15.4.